The first kappa shape index (κ1) is 28.8. The monoisotopic (exact) mass is 612 g/mol. The second-order valence-electron chi connectivity index (χ2n) is 11.9. The number of likely N-dealkylation sites (N-methyl/N-ethyl adjacent to an activating group) is 1. The maximum absolute atomic E-state index is 14.1. The van der Waals surface area contributed by atoms with Crippen LogP contribution in [-0.2, 0) is 11.3 Å². The highest BCUT2D eigenvalue weighted by Gasteiger charge is 2.27. The van der Waals surface area contributed by atoms with Gasteiger partial charge in [-0.05, 0) is 81.5 Å². The highest BCUT2D eigenvalue weighted by molar-refractivity contribution is 7.10. The number of nitrogens with zero attached hydrogens (tertiary/aromatic N) is 5. The topological polar surface area (TPSA) is 111 Å². The Morgan fingerprint density at radius 2 is 2.00 bits per heavy atom. The van der Waals surface area contributed by atoms with E-state index >= 15 is 0 Å². The molecule has 3 aromatic heterocycles. The molecule has 0 spiro atoms. The van der Waals surface area contributed by atoms with Crippen LogP contribution in [0.15, 0.2) is 52.9 Å². The van der Waals surface area contributed by atoms with Gasteiger partial charge in [0.25, 0.3) is 5.56 Å². The molecule has 1 N–H and O–H groups in total. The summed E-state index contributed by atoms with van der Waals surface area (Å²) in [5, 5.41) is 3.90. The average Bonchev–Trinajstić information content (AvgIpc) is 3.82. The van der Waals surface area contributed by atoms with Gasteiger partial charge >= 0.3 is 0 Å². The third kappa shape index (κ3) is 6.04. The smallest absolute Gasteiger partial charge is 0.263 e. The highest BCUT2D eigenvalue weighted by Crippen LogP contribution is 2.33. The number of fused-ring (bicyclic) bond motifs is 1. The van der Waals surface area contributed by atoms with Gasteiger partial charge in [-0.2, -0.15) is 4.98 Å². The highest BCUT2D eigenvalue weighted by atomic mass is 32.1. The predicted octanol–water partition coefficient (Wildman–Crippen LogP) is 5.30. The first-order chi connectivity index (χ1) is 21.5. The molecule has 2 fully saturated rings. The molecule has 1 aliphatic carbocycles. The summed E-state index contributed by atoms with van der Waals surface area (Å²) in [6.45, 7) is 3.24. The molecule has 0 radical (unpaired) electrons. The van der Waals surface area contributed by atoms with Gasteiger partial charge < -0.3 is 19.7 Å². The Kier molecular flexibility index (Phi) is 8.24. The SMILES string of the molecule is CN1CCC(Oc2ccc(Nc3ncc4cc(C(=O)C5CCOCC5)c(=O)n(Cc5ncsc5C5=CCCC5)c4n3)cc2)C1. The van der Waals surface area contributed by atoms with Gasteiger partial charge in [-0.25, -0.2) is 9.97 Å². The summed E-state index contributed by atoms with van der Waals surface area (Å²) in [7, 11) is 2.10. The number of anilines is 2. The molecular weight excluding hydrogens is 576 g/mol. The fourth-order valence-corrected chi connectivity index (χ4v) is 7.20. The van der Waals surface area contributed by atoms with Crippen LogP contribution >= 0.6 is 11.3 Å². The maximum Gasteiger partial charge on any atom is 0.263 e. The van der Waals surface area contributed by atoms with E-state index in [-0.39, 0.29) is 35.5 Å². The quantitative estimate of drug-likeness (QED) is 0.252. The van der Waals surface area contributed by atoms with E-state index in [9.17, 15) is 9.59 Å². The number of allylic oxidation sites excluding steroid dienone is 2. The maximum atomic E-state index is 14.1. The van der Waals surface area contributed by atoms with E-state index in [4.69, 9.17) is 14.5 Å². The number of benzene rings is 1. The van der Waals surface area contributed by atoms with Crippen molar-refractivity contribution >= 4 is 45.4 Å². The van der Waals surface area contributed by atoms with Gasteiger partial charge in [0.05, 0.1) is 28.2 Å². The van der Waals surface area contributed by atoms with E-state index in [1.807, 2.05) is 29.8 Å². The zero-order chi connectivity index (χ0) is 30.0. The summed E-state index contributed by atoms with van der Waals surface area (Å²) < 4.78 is 13.2. The van der Waals surface area contributed by atoms with Gasteiger partial charge in [-0.15, -0.1) is 11.3 Å². The van der Waals surface area contributed by atoms with E-state index in [1.165, 1.54) is 5.57 Å². The largest absolute Gasteiger partial charge is 0.489 e. The summed E-state index contributed by atoms with van der Waals surface area (Å²) in [4.78, 5) is 45.0. The van der Waals surface area contributed by atoms with Gasteiger partial charge in [-0.3, -0.25) is 14.2 Å². The van der Waals surface area contributed by atoms with E-state index < -0.39 is 0 Å². The summed E-state index contributed by atoms with van der Waals surface area (Å²) in [5.41, 5.74) is 5.01. The van der Waals surface area contributed by atoms with Gasteiger partial charge in [0.2, 0.25) is 5.95 Å². The minimum absolute atomic E-state index is 0.139. The van der Waals surface area contributed by atoms with Crippen LogP contribution < -0.4 is 15.6 Å². The van der Waals surface area contributed by atoms with Gasteiger partial charge in [0.15, 0.2) is 5.78 Å². The first-order valence-corrected chi connectivity index (χ1v) is 16.3. The minimum Gasteiger partial charge on any atom is -0.489 e. The number of rotatable bonds is 9. The van der Waals surface area contributed by atoms with Gasteiger partial charge in [0.1, 0.15) is 17.5 Å². The Bertz CT molecular complexity index is 1760. The molecule has 1 unspecified atom stereocenters. The van der Waals surface area contributed by atoms with E-state index in [2.05, 4.69) is 33.3 Å². The van der Waals surface area contributed by atoms with Crippen LogP contribution in [0.5, 0.6) is 5.75 Å². The minimum atomic E-state index is -0.350. The molecule has 2 aliphatic heterocycles. The van der Waals surface area contributed by atoms with Gasteiger partial charge in [-0.1, -0.05) is 6.08 Å². The molecule has 5 heterocycles. The number of nitrogens with one attached hydrogen (secondary N) is 1. The van der Waals surface area contributed by atoms with Crippen molar-refractivity contribution < 1.29 is 14.3 Å². The van der Waals surface area contributed by atoms with E-state index in [0.717, 1.165) is 60.8 Å². The lowest BCUT2D eigenvalue weighted by molar-refractivity contribution is 0.0543. The molecular formula is C33H36N6O4S. The van der Waals surface area contributed by atoms with Crippen molar-refractivity contribution in [2.45, 2.75) is 51.2 Å². The number of ketones is 1. The summed E-state index contributed by atoms with van der Waals surface area (Å²) in [6.07, 6.45) is 9.56. The lowest BCUT2D eigenvalue weighted by Crippen LogP contribution is -2.32. The van der Waals surface area contributed by atoms with Crippen LogP contribution in [0, 0.1) is 5.92 Å². The molecule has 1 atom stereocenters. The Labute approximate surface area is 259 Å². The van der Waals surface area contributed by atoms with Crippen LogP contribution in [0.2, 0.25) is 0 Å². The number of likely N-dealkylation sites (tertiary alicyclic amines) is 1. The van der Waals surface area contributed by atoms with Gasteiger partial charge in [0, 0.05) is 49.5 Å². The molecule has 11 heteroatoms. The number of Topliss-reactive ketones (excluding diaryl/α,β-unsaturated/α-hetero) is 1. The Morgan fingerprint density at radius 1 is 1.16 bits per heavy atom. The fraction of sp³-hybridized carbons (Fsp3) is 0.424. The van der Waals surface area contributed by atoms with Crippen LogP contribution in [0.3, 0.4) is 0 Å². The zero-order valence-electron chi connectivity index (χ0n) is 24.8. The van der Waals surface area contributed by atoms with E-state index in [1.54, 1.807) is 28.2 Å². The van der Waals surface area contributed by atoms with Crippen molar-refractivity contribution in [3.05, 3.63) is 74.6 Å². The lowest BCUT2D eigenvalue weighted by atomic mass is 9.91. The predicted molar refractivity (Wildman–Crippen MR) is 171 cm³/mol. The number of carbonyl (C=O) groups excluding carboxylic acids is 1. The molecule has 0 saturated carbocycles. The molecule has 3 aliphatic rings. The second-order valence-corrected chi connectivity index (χ2v) is 12.7. The molecule has 228 valence electrons. The summed E-state index contributed by atoms with van der Waals surface area (Å²) >= 11 is 1.59. The van der Waals surface area contributed by atoms with Crippen LogP contribution in [0.4, 0.5) is 11.6 Å². The third-order valence-corrected chi connectivity index (χ3v) is 9.67. The van der Waals surface area contributed by atoms with Crippen LogP contribution in [0.25, 0.3) is 16.6 Å². The summed E-state index contributed by atoms with van der Waals surface area (Å²) in [5.74, 6) is 0.809. The molecule has 7 rings (SSSR count). The Balaban J connectivity index is 1.21. The number of hydrogen-bond donors (Lipinski definition) is 1. The third-order valence-electron chi connectivity index (χ3n) is 8.73. The number of aromatic nitrogens is 4. The number of hydrogen-bond acceptors (Lipinski definition) is 10. The Hall–Kier alpha value is -3.93. The molecule has 0 amide bonds. The number of ether oxygens (including phenoxy) is 2. The van der Waals surface area contributed by atoms with E-state index in [0.29, 0.717) is 43.0 Å². The molecule has 1 aromatic carbocycles. The second kappa shape index (κ2) is 12.6. The van der Waals surface area contributed by atoms with Crippen LogP contribution in [0.1, 0.15) is 59.5 Å². The first-order valence-electron chi connectivity index (χ1n) is 15.4. The van der Waals surface area contributed by atoms with Crippen molar-refractivity contribution in [1.82, 2.24) is 24.4 Å². The number of pyridine rings is 1. The van der Waals surface area contributed by atoms with Crippen molar-refractivity contribution in [3.8, 4) is 5.75 Å². The summed E-state index contributed by atoms with van der Waals surface area (Å²) in [6, 6.07) is 9.40. The van der Waals surface area contributed by atoms with Crippen molar-refractivity contribution in [2.24, 2.45) is 5.92 Å². The normalized spacial score (nSPS) is 19.4. The molecule has 4 aromatic rings. The fourth-order valence-electron chi connectivity index (χ4n) is 6.32. The average molecular weight is 613 g/mol. The molecule has 44 heavy (non-hydrogen) atoms. The zero-order valence-corrected chi connectivity index (χ0v) is 25.6. The standard InChI is InChI=1S/C33H36N6O4S/c1-38-13-10-26(18-38)43-25-8-6-24(7-9-25)36-33-34-17-23-16-27(29(40)21-11-14-42-15-12-21)32(41)39(31(23)37-33)19-28-30(44-20-35-28)22-4-2-3-5-22/h4,6-9,16-17,20-21,26H,2-3,5,10-15,18-19H2,1H3,(H,34,36,37). The van der Waals surface area contributed by atoms with Crippen molar-refractivity contribution in [2.75, 3.05) is 38.7 Å². The molecule has 10 nitrogen and oxygen atoms in total. The number of carbonyl (C=O) groups is 1. The number of thiazole rings is 1. The van der Waals surface area contributed by atoms with Crippen molar-refractivity contribution in [1.29, 1.82) is 0 Å². The Morgan fingerprint density at radius 3 is 2.75 bits per heavy atom. The lowest BCUT2D eigenvalue weighted by Gasteiger charge is -2.21. The molecule has 0 bridgehead atoms. The van der Waals surface area contributed by atoms with Crippen molar-refractivity contribution in [3.63, 3.8) is 0 Å². The molecule has 2 saturated heterocycles. The van der Waals surface area contributed by atoms with Crippen LogP contribution in [-0.4, -0.2) is 69.7 Å².